The van der Waals surface area contributed by atoms with Crippen LogP contribution in [0.2, 0.25) is 0 Å². The van der Waals surface area contributed by atoms with Gasteiger partial charge in [-0.3, -0.25) is 4.79 Å². The first-order valence-electron chi connectivity index (χ1n) is 7.53. The number of nitriles is 1. The van der Waals surface area contributed by atoms with Crippen molar-refractivity contribution in [3.05, 3.63) is 42.0 Å². The number of carbonyl (C=O) groups excluding carboxylic acids is 2. The van der Waals surface area contributed by atoms with Crippen LogP contribution < -0.4 is 14.8 Å². The SMILES string of the molecule is C=CCNC(=O)C(C#N)=Cc1ccc(OCC(=O)OCC)c(OC)c1. The van der Waals surface area contributed by atoms with Crippen molar-refractivity contribution in [1.29, 1.82) is 5.26 Å². The van der Waals surface area contributed by atoms with Gasteiger partial charge < -0.3 is 19.5 Å². The first-order chi connectivity index (χ1) is 12.0. The minimum absolute atomic E-state index is 0.0518. The maximum atomic E-state index is 11.8. The smallest absolute Gasteiger partial charge is 0.344 e. The first-order valence-corrected chi connectivity index (χ1v) is 7.53. The van der Waals surface area contributed by atoms with Gasteiger partial charge >= 0.3 is 5.97 Å². The highest BCUT2D eigenvalue weighted by Gasteiger charge is 2.11. The summed E-state index contributed by atoms with van der Waals surface area (Å²) in [5.41, 5.74) is 0.523. The molecule has 7 heteroatoms. The largest absolute Gasteiger partial charge is 0.493 e. The number of rotatable bonds is 9. The second-order valence-electron chi connectivity index (χ2n) is 4.67. The molecule has 1 aromatic rings. The van der Waals surface area contributed by atoms with Crippen LogP contribution >= 0.6 is 0 Å². The molecule has 132 valence electrons. The van der Waals surface area contributed by atoms with Crippen molar-refractivity contribution < 1.29 is 23.8 Å². The van der Waals surface area contributed by atoms with Gasteiger partial charge in [0.25, 0.3) is 5.91 Å². The topological polar surface area (TPSA) is 97.7 Å². The summed E-state index contributed by atoms with van der Waals surface area (Å²) in [5, 5.41) is 11.7. The van der Waals surface area contributed by atoms with Crippen molar-refractivity contribution in [2.24, 2.45) is 0 Å². The molecule has 1 aromatic carbocycles. The summed E-state index contributed by atoms with van der Waals surface area (Å²) in [6, 6.07) is 6.67. The van der Waals surface area contributed by atoms with E-state index in [1.165, 1.54) is 19.3 Å². The molecule has 0 fully saturated rings. The molecule has 0 aliphatic rings. The second kappa shape index (κ2) is 10.5. The van der Waals surface area contributed by atoms with E-state index in [2.05, 4.69) is 11.9 Å². The molecule has 1 N–H and O–H groups in total. The number of ether oxygens (including phenoxy) is 3. The lowest BCUT2D eigenvalue weighted by atomic mass is 10.1. The number of methoxy groups -OCH3 is 1. The number of hydrogen-bond donors (Lipinski definition) is 1. The van der Waals surface area contributed by atoms with Crippen molar-refractivity contribution in [2.75, 3.05) is 26.9 Å². The quantitative estimate of drug-likeness (QED) is 0.318. The Balaban J connectivity index is 2.94. The van der Waals surface area contributed by atoms with Gasteiger partial charge in [0.1, 0.15) is 11.6 Å². The van der Waals surface area contributed by atoms with E-state index in [-0.39, 0.29) is 25.3 Å². The molecule has 0 aromatic heterocycles. The molecule has 0 radical (unpaired) electrons. The predicted molar refractivity (Wildman–Crippen MR) is 91.9 cm³/mol. The van der Waals surface area contributed by atoms with Crippen molar-refractivity contribution in [3.63, 3.8) is 0 Å². The number of amides is 1. The summed E-state index contributed by atoms with van der Waals surface area (Å²) < 4.78 is 15.4. The van der Waals surface area contributed by atoms with E-state index in [1.54, 1.807) is 25.1 Å². The van der Waals surface area contributed by atoms with E-state index in [9.17, 15) is 9.59 Å². The molecular formula is C18H20N2O5. The second-order valence-corrected chi connectivity index (χ2v) is 4.67. The molecule has 0 aliphatic heterocycles. The van der Waals surface area contributed by atoms with Gasteiger partial charge in [-0.25, -0.2) is 4.79 Å². The highest BCUT2D eigenvalue weighted by atomic mass is 16.6. The van der Waals surface area contributed by atoms with Gasteiger partial charge in [-0.1, -0.05) is 12.1 Å². The molecule has 0 unspecified atom stereocenters. The molecule has 0 saturated carbocycles. The van der Waals surface area contributed by atoms with E-state index >= 15 is 0 Å². The Bertz CT molecular complexity index is 704. The predicted octanol–water partition coefficient (Wildman–Crippen LogP) is 1.85. The summed E-state index contributed by atoms with van der Waals surface area (Å²) in [6.45, 7) is 5.50. The lowest BCUT2D eigenvalue weighted by molar-refractivity contribution is -0.145. The highest BCUT2D eigenvalue weighted by Crippen LogP contribution is 2.29. The fourth-order valence-corrected chi connectivity index (χ4v) is 1.81. The van der Waals surface area contributed by atoms with Crippen LogP contribution in [0.3, 0.4) is 0 Å². The summed E-state index contributed by atoms with van der Waals surface area (Å²) in [4.78, 5) is 23.2. The standard InChI is InChI=1S/C18H20N2O5/c1-4-8-20-18(22)14(11-19)9-13-6-7-15(16(10-13)23-3)25-12-17(21)24-5-2/h4,6-7,9-10H,1,5,8,12H2,2-3H3,(H,20,22). The van der Waals surface area contributed by atoms with Gasteiger partial charge in [0.05, 0.1) is 13.7 Å². The maximum Gasteiger partial charge on any atom is 0.344 e. The van der Waals surface area contributed by atoms with Crippen LogP contribution in [0.15, 0.2) is 36.4 Å². The summed E-state index contributed by atoms with van der Waals surface area (Å²) >= 11 is 0. The Morgan fingerprint density at radius 2 is 2.12 bits per heavy atom. The van der Waals surface area contributed by atoms with Crippen LogP contribution in [0.1, 0.15) is 12.5 Å². The Morgan fingerprint density at radius 3 is 2.72 bits per heavy atom. The molecule has 0 atom stereocenters. The van der Waals surface area contributed by atoms with Gasteiger partial charge in [-0.15, -0.1) is 6.58 Å². The van der Waals surface area contributed by atoms with E-state index in [0.29, 0.717) is 17.1 Å². The Kier molecular flexibility index (Phi) is 8.30. The van der Waals surface area contributed by atoms with Crippen LogP contribution in [0.4, 0.5) is 0 Å². The average Bonchev–Trinajstić information content (AvgIpc) is 2.62. The molecule has 0 heterocycles. The van der Waals surface area contributed by atoms with E-state index in [1.807, 2.05) is 6.07 Å². The fraction of sp³-hybridized carbons (Fsp3) is 0.278. The monoisotopic (exact) mass is 344 g/mol. The van der Waals surface area contributed by atoms with Crippen LogP contribution in [-0.4, -0.2) is 38.7 Å². The lowest BCUT2D eigenvalue weighted by Gasteiger charge is -2.11. The normalized spacial score (nSPS) is 10.4. The zero-order chi connectivity index (χ0) is 18.7. The zero-order valence-electron chi connectivity index (χ0n) is 14.2. The Hall–Kier alpha value is -3.27. The average molecular weight is 344 g/mol. The molecule has 0 aliphatic carbocycles. The first kappa shape index (κ1) is 19.8. The molecule has 1 amide bonds. The van der Waals surface area contributed by atoms with Gasteiger partial charge in [-0.05, 0) is 30.7 Å². The number of esters is 1. The number of nitrogens with zero attached hydrogens (tertiary/aromatic N) is 1. The van der Waals surface area contributed by atoms with Gasteiger partial charge in [0.2, 0.25) is 0 Å². The van der Waals surface area contributed by atoms with Gasteiger partial charge in [0, 0.05) is 6.54 Å². The third-order valence-corrected chi connectivity index (χ3v) is 2.92. The molecule has 7 nitrogen and oxygen atoms in total. The van der Waals surface area contributed by atoms with E-state index < -0.39 is 11.9 Å². The minimum atomic E-state index is -0.496. The Labute approximate surface area is 146 Å². The number of carbonyl (C=O) groups is 2. The van der Waals surface area contributed by atoms with Gasteiger partial charge in [-0.2, -0.15) is 5.26 Å². The molecule has 0 bridgehead atoms. The molecule has 25 heavy (non-hydrogen) atoms. The van der Waals surface area contributed by atoms with Gasteiger partial charge in [0.15, 0.2) is 18.1 Å². The number of hydrogen-bond acceptors (Lipinski definition) is 6. The van der Waals surface area contributed by atoms with Crippen LogP contribution in [0, 0.1) is 11.3 Å². The maximum absolute atomic E-state index is 11.8. The van der Waals surface area contributed by atoms with Crippen LogP contribution in [0.25, 0.3) is 6.08 Å². The molecule has 1 rings (SSSR count). The van der Waals surface area contributed by atoms with Crippen molar-refractivity contribution in [1.82, 2.24) is 5.32 Å². The van der Waals surface area contributed by atoms with Crippen molar-refractivity contribution >= 4 is 18.0 Å². The summed E-state index contributed by atoms with van der Waals surface area (Å²) in [5.74, 6) is -0.271. The van der Waals surface area contributed by atoms with Crippen LogP contribution in [0.5, 0.6) is 11.5 Å². The van der Waals surface area contributed by atoms with Crippen molar-refractivity contribution in [2.45, 2.75) is 6.92 Å². The highest BCUT2D eigenvalue weighted by molar-refractivity contribution is 6.01. The van der Waals surface area contributed by atoms with E-state index in [0.717, 1.165) is 0 Å². The number of nitrogens with one attached hydrogen (secondary N) is 1. The number of benzene rings is 1. The Morgan fingerprint density at radius 1 is 1.36 bits per heavy atom. The zero-order valence-corrected chi connectivity index (χ0v) is 14.2. The molecule has 0 saturated heterocycles. The van der Waals surface area contributed by atoms with Crippen LogP contribution in [-0.2, 0) is 14.3 Å². The van der Waals surface area contributed by atoms with E-state index in [4.69, 9.17) is 19.5 Å². The fourth-order valence-electron chi connectivity index (χ4n) is 1.81. The molecule has 0 spiro atoms. The van der Waals surface area contributed by atoms with Crippen molar-refractivity contribution in [3.8, 4) is 17.6 Å². The lowest BCUT2D eigenvalue weighted by Crippen LogP contribution is -2.24. The minimum Gasteiger partial charge on any atom is -0.493 e. The summed E-state index contributed by atoms with van der Waals surface area (Å²) in [6.07, 6.45) is 2.95. The molecular weight excluding hydrogens is 324 g/mol. The third kappa shape index (κ3) is 6.39. The summed E-state index contributed by atoms with van der Waals surface area (Å²) in [7, 11) is 1.45. The third-order valence-electron chi connectivity index (χ3n) is 2.92.